The third kappa shape index (κ3) is 4.38. The number of aryl methyl sites for hydroxylation is 1. The number of alkyl halides is 1. The Hall–Kier alpha value is -3.59. The predicted octanol–water partition coefficient (Wildman–Crippen LogP) is 4.02. The lowest BCUT2D eigenvalue weighted by atomic mass is 10.0. The molecule has 7 nitrogen and oxygen atoms in total. The Morgan fingerprint density at radius 3 is 2.81 bits per heavy atom. The van der Waals surface area contributed by atoms with Crippen molar-refractivity contribution >= 4 is 26.6 Å². The molecular weight excluding hydrogens is 433 g/mol. The number of aromatic amines is 1. The van der Waals surface area contributed by atoms with Crippen molar-refractivity contribution < 1.29 is 17.5 Å². The Labute approximate surface area is 184 Å². The van der Waals surface area contributed by atoms with Gasteiger partial charge in [-0.3, -0.25) is 9.52 Å². The van der Waals surface area contributed by atoms with Crippen molar-refractivity contribution in [3.05, 3.63) is 83.2 Å². The van der Waals surface area contributed by atoms with Crippen LogP contribution in [0.5, 0.6) is 5.75 Å². The van der Waals surface area contributed by atoms with Crippen LogP contribution in [-0.4, -0.2) is 29.9 Å². The van der Waals surface area contributed by atoms with Gasteiger partial charge in [-0.1, -0.05) is 12.2 Å². The summed E-state index contributed by atoms with van der Waals surface area (Å²) in [6.45, 7) is 1.54. The largest absolute Gasteiger partial charge is 0.457 e. The van der Waals surface area contributed by atoms with Crippen LogP contribution < -0.4 is 15.0 Å². The molecule has 0 saturated carbocycles. The molecule has 3 aromatic rings. The van der Waals surface area contributed by atoms with E-state index in [1.807, 2.05) is 0 Å². The Kier molecular flexibility index (Phi) is 5.75. The smallest absolute Gasteiger partial charge is 0.274 e. The zero-order valence-electron chi connectivity index (χ0n) is 17.5. The molecule has 166 valence electrons. The number of fused-ring (bicyclic) bond motifs is 1. The van der Waals surface area contributed by atoms with Gasteiger partial charge in [-0.2, -0.15) is 0 Å². The molecule has 0 bridgehead atoms. The quantitative estimate of drug-likeness (QED) is 0.587. The first-order chi connectivity index (χ1) is 15.3. The van der Waals surface area contributed by atoms with Crippen molar-refractivity contribution in [2.24, 2.45) is 7.05 Å². The topological polar surface area (TPSA) is 93.2 Å². The summed E-state index contributed by atoms with van der Waals surface area (Å²) in [5.41, 5.74) is 1.77. The van der Waals surface area contributed by atoms with E-state index in [9.17, 15) is 17.6 Å². The SMILES string of the molecule is CCS(=O)(=O)Nc1ccc(OC2=CC(F)C=CC=C2)c(-c2cn(C)c(=O)c3[nH]ccc23)c1. The van der Waals surface area contributed by atoms with Gasteiger partial charge in [0.15, 0.2) is 0 Å². The van der Waals surface area contributed by atoms with E-state index in [-0.39, 0.29) is 11.3 Å². The molecule has 0 radical (unpaired) electrons. The normalized spacial score (nSPS) is 16.1. The van der Waals surface area contributed by atoms with Crippen LogP contribution in [0, 0.1) is 0 Å². The van der Waals surface area contributed by atoms with Gasteiger partial charge in [0.2, 0.25) is 10.0 Å². The van der Waals surface area contributed by atoms with Gasteiger partial charge < -0.3 is 14.3 Å². The number of benzene rings is 1. The number of pyridine rings is 1. The lowest BCUT2D eigenvalue weighted by Crippen LogP contribution is -2.17. The van der Waals surface area contributed by atoms with Crippen LogP contribution in [-0.2, 0) is 17.1 Å². The molecule has 2 heterocycles. The van der Waals surface area contributed by atoms with Crippen molar-refractivity contribution in [1.82, 2.24) is 9.55 Å². The fraction of sp³-hybridized carbons (Fsp3) is 0.174. The van der Waals surface area contributed by atoms with Gasteiger partial charge >= 0.3 is 0 Å². The Morgan fingerprint density at radius 1 is 1.22 bits per heavy atom. The number of anilines is 1. The summed E-state index contributed by atoms with van der Waals surface area (Å²) in [5, 5.41) is 0.656. The van der Waals surface area contributed by atoms with E-state index in [0.717, 1.165) is 0 Å². The van der Waals surface area contributed by atoms with Crippen molar-refractivity contribution in [3.8, 4) is 16.9 Å². The van der Waals surface area contributed by atoms with Crippen molar-refractivity contribution in [2.75, 3.05) is 10.5 Å². The minimum atomic E-state index is -3.50. The number of allylic oxidation sites excluding steroid dienone is 5. The van der Waals surface area contributed by atoms with E-state index in [4.69, 9.17) is 4.74 Å². The number of aromatic nitrogens is 2. The molecule has 4 rings (SSSR count). The van der Waals surface area contributed by atoms with Crippen LogP contribution in [0.25, 0.3) is 22.0 Å². The molecule has 0 aliphatic heterocycles. The number of H-pyrrole nitrogens is 1. The van der Waals surface area contributed by atoms with Crippen LogP contribution in [0.3, 0.4) is 0 Å². The van der Waals surface area contributed by atoms with Crippen LogP contribution in [0.1, 0.15) is 6.92 Å². The predicted molar refractivity (Wildman–Crippen MR) is 124 cm³/mol. The van der Waals surface area contributed by atoms with Gasteiger partial charge in [0.05, 0.1) is 5.75 Å². The number of ether oxygens (including phenoxy) is 1. The monoisotopic (exact) mass is 455 g/mol. The van der Waals surface area contributed by atoms with Crippen LogP contribution in [0.2, 0.25) is 0 Å². The zero-order chi connectivity index (χ0) is 22.9. The highest BCUT2D eigenvalue weighted by Crippen LogP contribution is 2.37. The highest BCUT2D eigenvalue weighted by molar-refractivity contribution is 7.92. The van der Waals surface area contributed by atoms with Crippen LogP contribution >= 0.6 is 0 Å². The maximum Gasteiger partial charge on any atom is 0.274 e. The third-order valence-electron chi connectivity index (χ3n) is 5.04. The molecule has 1 aliphatic rings. The molecule has 0 amide bonds. The molecule has 1 aromatic carbocycles. The summed E-state index contributed by atoms with van der Waals surface area (Å²) in [6.07, 6.45) is 9.67. The Morgan fingerprint density at radius 2 is 2.03 bits per heavy atom. The number of hydrogen-bond donors (Lipinski definition) is 2. The van der Waals surface area contributed by atoms with Crippen molar-refractivity contribution in [3.63, 3.8) is 0 Å². The number of rotatable bonds is 6. The Balaban J connectivity index is 1.89. The van der Waals surface area contributed by atoms with Gasteiger partial charge in [-0.25, -0.2) is 12.8 Å². The van der Waals surface area contributed by atoms with E-state index in [1.54, 1.807) is 68.9 Å². The summed E-state index contributed by atoms with van der Waals surface area (Å²) in [6, 6.07) is 6.60. The first-order valence-corrected chi connectivity index (χ1v) is 11.6. The summed E-state index contributed by atoms with van der Waals surface area (Å²) >= 11 is 0. The Bertz CT molecular complexity index is 1430. The number of nitrogens with zero attached hydrogens (tertiary/aromatic N) is 1. The molecule has 2 N–H and O–H groups in total. The zero-order valence-corrected chi connectivity index (χ0v) is 18.3. The van der Waals surface area contributed by atoms with Crippen LogP contribution in [0.4, 0.5) is 10.1 Å². The standard InChI is InChI=1S/C23H22FN3O4S/c1-3-32(29,30)26-16-8-9-21(31-17-7-5-4-6-15(24)12-17)19(13-16)20-14-27(2)23(28)22-18(20)10-11-25-22/h4-15,25-26H,3H2,1-2H3. The first-order valence-electron chi connectivity index (χ1n) is 9.97. The average Bonchev–Trinajstić information content (AvgIpc) is 3.16. The molecule has 1 aliphatic carbocycles. The maximum atomic E-state index is 14.0. The van der Waals surface area contributed by atoms with Crippen LogP contribution in [0.15, 0.2) is 77.6 Å². The van der Waals surface area contributed by atoms with Gasteiger partial charge in [-0.05, 0) is 49.4 Å². The number of hydrogen-bond acceptors (Lipinski definition) is 4. The summed E-state index contributed by atoms with van der Waals surface area (Å²) < 4.78 is 48.2. The molecule has 9 heteroatoms. The van der Waals surface area contributed by atoms with E-state index >= 15 is 0 Å². The fourth-order valence-electron chi connectivity index (χ4n) is 3.41. The summed E-state index contributed by atoms with van der Waals surface area (Å²) in [5.74, 6) is 0.613. The molecule has 1 unspecified atom stereocenters. The van der Waals surface area contributed by atoms with Gasteiger partial charge in [-0.15, -0.1) is 0 Å². The van der Waals surface area contributed by atoms with E-state index in [1.165, 1.54) is 16.7 Å². The molecule has 1 atom stereocenters. The van der Waals surface area contributed by atoms with Gasteiger partial charge in [0, 0.05) is 41.6 Å². The third-order valence-corrected chi connectivity index (χ3v) is 6.34. The highest BCUT2D eigenvalue weighted by Gasteiger charge is 2.17. The molecule has 0 saturated heterocycles. The average molecular weight is 456 g/mol. The second-order valence-corrected chi connectivity index (χ2v) is 9.31. The van der Waals surface area contributed by atoms with E-state index in [2.05, 4.69) is 9.71 Å². The lowest BCUT2D eigenvalue weighted by molar-refractivity contribution is 0.418. The number of halogens is 1. The van der Waals surface area contributed by atoms with Gasteiger partial charge in [0.1, 0.15) is 23.2 Å². The summed E-state index contributed by atoms with van der Waals surface area (Å²) in [4.78, 5) is 15.4. The van der Waals surface area contributed by atoms with E-state index < -0.39 is 16.2 Å². The molecule has 32 heavy (non-hydrogen) atoms. The second kappa shape index (κ2) is 8.51. The summed E-state index contributed by atoms with van der Waals surface area (Å²) in [7, 11) is -1.87. The van der Waals surface area contributed by atoms with Crippen molar-refractivity contribution in [2.45, 2.75) is 13.1 Å². The highest BCUT2D eigenvalue weighted by atomic mass is 32.2. The molecular formula is C23H22FN3O4S. The van der Waals surface area contributed by atoms with Crippen molar-refractivity contribution in [1.29, 1.82) is 0 Å². The fourth-order valence-corrected chi connectivity index (χ4v) is 4.04. The minimum Gasteiger partial charge on any atom is -0.457 e. The molecule has 0 fully saturated rings. The maximum absolute atomic E-state index is 14.0. The number of sulfonamides is 1. The molecule has 2 aromatic heterocycles. The van der Waals surface area contributed by atoms with E-state index in [0.29, 0.717) is 39.2 Å². The van der Waals surface area contributed by atoms with Gasteiger partial charge in [0.25, 0.3) is 5.56 Å². The number of nitrogens with one attached hydrogen (secondary N) is 2. The molecule has 0 spiro atoms. The second-order valence-electron chi connectivity index (χ2n) is 7.30. The lowest BCUT2D eigenvalue weighted by Gasteiger charge is -2.16. The minimum absolute atomic E-state index is 0.0783. The first kappa shape index (κ1) is 21.6.